The molecule has 1 fully saturated rings. The lowest BCUT2D eigenvalue weighted by molar-refractivity contribution is -0.141. The van der Waals surface area contributed by atoms with Gasteiger partial charge < -0.3 is 15.0 Å². The van der Waals surface area contributed by atoms with Gasteiger partial charge in [-0.2, -0.15) is 0 Å². The Balaban J connectivity index is 1.79. The molecule has 226 valence electrons. The van der Waals surface area contributed by atoms with E-state index >= 15 is 0 Å². The molecule has 0 heterocycles. The summed E-state index contributed by atoms with van der Waals surface area (Å²) in [6.07, 6.45) is 6.92. The van der Waals surface area contributed by atoms with Gasteiger partial charge in [0.05, 0.1) is 24.1 Å². The van der Waals surface area contributed by atoms with Gasteiger partial charge in [-0.3, -0.25) is 13.9 Å². The number of rotatable bonds is 13. The second-order valence-electron chi connectivity index (χ2n) is 10.3. The minimum Gasteiger partial charge on any atom is -0.495 e. The molecule has 2 amide bonds. The summed E-state index contributed by atoms with van der Waals surface area (Å²) < 4.78 is 31.6. The first-order valence-corrected chi connectivity index (χ1v) is 16.8. The van der Waals surface area contributed by atoms with E-state index in [1.165, 1.54) is 17.5 Å². The molecule has 0 unspecified atom stereocenters. The third-order valence-electron chi connectivity index (χ3n) is 7.27. The van der Waals surface area contributed by atoms with Crippen LogP contribution in [0.2, 0.25) is 15.1 Å². The number of hydrogen-bond acceptors (Lipinski definition) is 5. The molecule has 3 rings (SSSR count). The van der Waals surface area contributed by atoms with Crippen molar-refractivity contribution in [2.45, 2.75) is 76.9 Å². The average molecular weight is 647 g/mol. The van der Waals surface area contributed by atoms with Crippen LogP contribution in [0.15, 0.2) is 36.4 Å². The van der Waals surface area contributed by atoms with Crippen LogP contribution in [0.25, 0.3) is 0 Å². The quantitative estimate of drug-likeness (QED) is 0.270. The van der Waals surface area contributed by atoms with Crippen molar-refractivity contribution >= 4 is 62.3 Å². The molecule has 1 saturated carbocycles. The fourth-order valence-electron chi connectivity index (χ4n) is 5.11. The van der Waals surface area contributed by atoms with E-state index in [9.17, 15) is 18.0 Å². The lowest BCUT2D eigenvalue weighted by Crippen LogP contribution is -2.51. The first-order chi connectivity index (χ1) is 19.4. The van der Waals surface area contributed by atoms with Gasteiger partial charge in [-0.1, -0.05) is 67.1 Å². The zero-order valence-corrected chi connectivity index (χ0v) is 26.8. The van der Waals surface area contributed by atoms with E-state index in [0.717, 1.165) is 38.4 Å². The van der Waals surface area contributed by atoms with Crippen LogP contribution in [0.3, 0.4) is 0 Å². The van der Waals surface area contributed by atoms with Crippen LogP contribution in [0.5, 0.6) is 5.75 Å². The number of carbonyl (C=O) groups excluding carboxylic acids is 2. The smallest absolute Gasteiger partial charge is 0.243 e. The van der Waals surface area contributed by atoms with Gasteiger partial charge in [0.1, 0.15) is 11.8 Å². The minimum absolute atomic E-state index is 0.0221. The summed E-state index contributed by atoms with van der Waals surface area (Å²) in [4.78, 5) is 28.7. The van der Waals surface area contributed by atoms with Crippen LogP contribution in [-0.4, -0.2) is 57.1 Å². The molecular formula is C29H38Cl3N3O5S. The van der Waals surface area contributed by atoms with Gasteiger partial charge in [0.15, 0.2) is 0 Å². The highest BCUT2D eigenvalue weighted by molar-refractivity contribution is 7.92. The number of carbonyl (C=O) groups is 2. The predicted octanol–water partition coefficient (Wildman–Crippen LogP) is 6.46. The molecule has 0 spiro atoms. The summed E-state index contributed by atoms with van der Waals surface area (Å²) in [7, 11) is -2.19. The summed E-state index contributed by atoms with van der Waals surface area (Å²) in [6, 6.07) is 9.15. The lowest BCUT2D eigenvalue weighted by Gasteiger charge is -2.33. The number of amides is 2. The van der Waals surface area contributed by atoms with E-state index in [0.29, 0.717) is 33.5 Å². The molecular weight excluding hydrogens is 609 g/mol. The Bertz CT molecular complexity index is 1320. The summed E-state index contributed by atoms with van der Waals surface area (Å²) in [5, 5.41) is 4.29. The van der Waals surface area contributed by atoms with Crippen molar-refractivity contribution in [1.82, 2.24) is 10.2 Å². The van der Waals surface area contributed by atoms with Crippen LogP contribution in [0.4, 0.5) is 5.69 Å². The molecule has 8 nitrogen and oxygen atoms in total. The molecule has 0 radical (unpaired) electrons. The molecule has 0 saturated heterocycles. The van der Waals surface area contributed by atoms with Crippen molar-refractivity contribution in [3.05, 3.63) is 57.0 Å². The standard InChI is InChI=1S/C29H38Cl3N3O5S/c1-4-26(29(37)33-22-9-6-5-7-10-22)34(19-20-12-13-21(30)17-24(20)31)28(36)11-8-16-35(41(3,38)39)23-14-15-27(40-2)25(32)18-23/h12-15,17-18,22,26H,4-11,16,19H2,1-3H3,(H,33,37)/t26-/m1/s1. The van der Waals surface area contributed by atoms with Gasteiger partial charge >= 0.3 is 0 Å². The van der Waals surface area contributed by atoms with Crippen LogP contribution in [0.1, 0.15) is 63.9 Å². The Morgan fingerprint density at radius 3 is 2.34 bits per heavy atom. The second-order valence-corrected chi connectivity index (χ2v) is 13.4. The molecule has 12 heteroatoms. The number of ether oxygens (including phenoxy) is 1. The highest BCUT2D eigenvalue weighted by Gasteiger charge is 2.31. The molecule has 2 aromatic carbocycles. The summed E-state index contributed by atoms with van der Waals surface area (Å²) in [6.45, 7) is 2.04. The minimum atomic E-state index is -3.67. The molecule has 0 bridgehead atoms. The van der Waals surface area contributed by atoms with Gasteiger partial charge in [0.25, 0.3) is 0 Å². The molecule has 41 heavy (non-hydrogen) atoms. The Labute approximate surface area is 258 Å². The average Bonchev–Trinajstić information content (AvgIpc) is 2.92. The predicted molar refractivity (Wildman–Crippen MR) is 166 cm³/mol. The van der Waals surface area contributed by atoms with Crippen molar-refractivity contribution in [1.29, 1.82) is 0 Å². The summed E-state index contributed by atoms with van der Waals surface area (Å²) >= 11 is 18.8. The Morgan fingerprint density at radius 1 is 1.05 bits per heavy atom. The summed E-state index contributed by atoms with van der Waals surface area (Å²) in [5.74, 6) is -0.0426. The third-order valence-corrected chi connectivity index (χ3v) is 9.35. The van der Waals surface area contributed by atoms with E-state index < -0.39 is 16.1 Å². The normalized spacial score (nSPS) is 14.8. The fraction of sp³-hybridized carbons (Fsp3) is 0.517. The number of sulfonamides is 1. The third kappa shape index (κ3) is 9.40. The number of benzene rings is 2. The monoisotopic (exact) mass is 645 g/mol. The van der Waals surface area contributed by atoms with Gasteiger partial charge in [-0.25, -0.2) is 8.42 Å². The largest absolute Gasteiger partial charge is 0.495 e. The maximum absolute atomic E-state index is 13.7. The molecule has 1 aliphatic rings. The van der Waals surface area contributed by atoms with Gasteiger partial charge in [0.2, 0.25) is 21.8 Å². The van der Waals surface area contributed by atoms with Crippen LogP contribution >= 0.6 is 34.8 Å². The molecule has 2 aromatic rings. The molecule has 0 aliphatic heterocycles. The van der Waals surface area contributed by atoms with Crippen LogP contribution in [0, 0.1) is 0 Å². The zero-order chi connectivity index (χ0) is 30.2. The molecule has 1 N–H and O–H groups in total. The Kier molecular flexibility index (Phi) is 12.4. The fourth-order valence-corrected chi connectivity index (χ4v) is 6.79. The first kappa shape index (κ1) is 33.3. The maximum Gasteiger partial charge on any atom is 0.243 e. The molecule has 1 aliphatic carbocycles. The molecule has 1 atom stereocenters. The highest BCUT2D eigenvalue weighted by atomic mass is 35.5. The van der Waals surface area contributed by atoms with Crippen LogP contribution < -0.4 is 14.4 Å². The number of halogens is 3. The van der Waals surface area contributed by atoms with Gasteiger partial charge in [-0.05, 0) is 61.6 Å². The number of methoxy groups -OCH3 is 1. The van der Waals surface area contributed by atoms with Gasteiger partial charge in [-0.15, -0.1) is 0 Å². The van der Waals surface area contributed by atoms with Crippen molar-refractivity contribution in [3.8, 4) is 5.75 Å². The van der Waals surface area contributed by atoms with E-state index in [4.69, 9.17) is 39.5 Å². The van der Waals surface area contributed by atoms with Gasteiger partial charge in [0, 0.05) is 35.6 Å². The van der Waals surface area contributed by atoms with E-state index in [-0.39, 0.29) is 48.8 Å². The topological polar surface area (TPSA) is 96.0 Å². The number of anilines is 1. The summed E-state index contributed by atoms with van der Waals surface area (Å²) in [5.41, 5.74) is 1.04. The number of nitrogens with one attached hydrogen (secondary N) is 1. The van der Waals surface area contributed by atoms with Crippen molar-refractivity contribution in [2.75, 3.05) is 24.2 Å². The van der Waals surface area contributed by atoms with E-state index in [1.807, 2.05) is 6.92 Å². The highest BCUT2D eigenvalue weighted by Crippen LogP contribution is 2.31. The molecule has 0 aromatic heterocycles. The first-order valence-electron chi connectivity index (χ1n) is 13.8. The number of nitrogens with zero attached hydrogens (tertiary/aromatic N) is 2. The van der Waals surface area contributed by atoms with Crippen molar-refractivity contribution < 1.29 is 22.7 Å². The second kappa shape index (κ2) is 15.3. The van der Waals surface area contributed by atoms with Crippen molar-refractivity contribution in [3.63, 3.8) is 0 Å². The van der Waals surface area contributed by atoms with E-state index in [1.54, 1.807) is 35.2 Å². The Hall–Kier alpha value is -2.20. The SMILES string of the molecule is CC[C@H](C(=O)NC1CCCCC1)N(Cc1ccc(Cl)cc1Cl)C(=O)CCCN(c1ccc(OC)c(Cl)c1)S(C)(=O)=O. The number of hydrogen-bond donors (Lipinski definition) is 1. The maximum atomic E-state index is 13.7. The Morgan fingerprint density at radius 2 is 1.76 bits per heavy atom. The van der Waals surface area contributed by atoms with Crippen molar-refractivity contribution in [2.24, 2.45) is 0 Å². The zero-order valence-electron chi connectivity index (χ0n) is 23.7. The lowest BCUT2D eigenvalue weighted by atomic mass is 9.95. The van der Waals surface area contributed by atoms with E-state index in [2.05, 4.69) is 5.32 Å². The van der Waals surface area contributed by atoms with Crippen LogP contribution in [-0.2, 0) is 26.2 Å².